The Morgan fingerprint density at radius 2 is 1.71 bits per heavy atom. The maximum Gasteiger partial charge on any atom is 0.270 e. The molecule has 0 saturated carbocycles. The van der Waals surface area contributed by atoms with E-state index in [4.69, 9.17) is 0 Å². The molecule has 0 bridgehead atoms. The summed E-state index contributed by atoms with van der Waals surface area (Å²) in [6.07, 6.45) is 1.99. The van der Waals surface area contributed by atoms with E-state index in [0.717, 1.165) is 49.2 Å². The molecule has 0 spiro atoms. The number of hydrogen-bond acceptors (Lipinski definition) is 1. The van der Waals surface area contributed by atoms with Gasteiger partial charge in [0.05, 0.1) is 0 Å². The summed E-state index contributed by atoms with van der Waals surface area (Å²) >= 11 is 0. The number of aryl methyl sites for hydroxylation is 2. The third kappa shape index (κ3) is 2.82. The fourth-order valence-electron chi connectivity index (χ4n) is 3.09. The highest BCUT2D eigenvalue weighted by Gasteiger charge is 2.23. The lowest BCUT2D eigenvalue weighted by atomic mass is 10.1. The minimum Gasteiger partial charge on any atom is -0.337 e. The predicted molar refractivity (Wildman–Crippen MR) is 88.8 cm³/mol. The summed E-state index contributed by atoms with van der Waals surface area (Å²) in [7, 11) is 0. The average molecular weight is 286 g/mol. The summed E-state index contributed by atoms with van der Waals surface area (Å²) in [5.74, 6) is 0.175. The van der Waals surface area contributed by atoms with Gasteiger partial charge in [-0.2, -0.15) is 0 Å². The van der Waals surface area contributed by atoms with Gasteiger partial charge in [0.2, 0.25) is 0 Å². The first-order valence-corrected chi connectivity index (χ1v) is 8.02. The van der Waals surface area contributed by atoms with Gasteiger partial charge < -0.3 is 9.47 Å². The number of rotatable bonds is 6. The van der Waals surface area contributed by atoms with Crippen molar-refractivity contribution in [3.8, 4) is 0 Å². The maximum atomic E-state index is 13.0. The lowest BCUT2D eigenvalue weighted by molar-refractivity contribution is 0.0744. The molecular formula is C18H26N2O. The van der Waals surface area contributed by atoms with Crippen LogP contribution in [-0.2, 0) is 6.54 Å². The van der Waals surface area contributed by atoms with E-state index in [9.17, 15) is 4.79 Å². The molecule has 0 aliphatic heterocycles. The molecule has 114 valence electrons. The van der Waals surface area contributed by atoms with Crippen LogP contribution in [0.25, 0.3) is 10.9 Å². The highest BCUT2D eigenvalue weighted by molar-refractivity contribution is 6.01. The van der Waals surface area contributed by atoms with Crippen LogP contribution in [0.1, 0.15) is 49.7 Å². The summed E-state index contributed by atoms with van der Waals surface area (Å²) in [5.41, 5.74) is 3.13. The highest BCUT2D eigenvalue weighted by atomic mass is 16.2. The van der Waals surface area contributed by atoms with Crippen molar-refractivity contribution in [1.82, 2.24) is 9.47 Å². The molecule has 2 rings (SSSR count). The largest absolute Gasteiger partial charge is 0.337 e. The molecule has 0 radical (unpaired) electrons. The van der Waals surface area contributed by atoms with Crippen molar-refractivity contribution < 1.29 is 4.79 Å². The number of aromatic nitrogens is 1. The zero-order chi connectivity index (χ0) is 15.4. The Balaban J connectivity index is 2.54. The Hall–Kier alpha value is -1.77. The minimum atomic E-state index is 0.175. The van der Waals surface area contributed by atoms with Crippen LogP contribution in [0, 0.1) is 6.92 Å². The lowest BCUT2D eigenvalue weighted by Gasteiger charge is -2.22. The van der Waals surface area contributed by atoms with Crippen molar-refractivity contribution in [3.63, 3.8) is 0 Å². The van der Waals surface area contributed by atoms with E-state index in [0.29, 0.717) is 0 Å². The monoisotopic (exact) mass is 286 g/mol. The molecule has 3 heteroatoms. The van der Waals surface area contributed by atoms with Crippen molar-refractivity contribution in [2.45, 2.75) is 47.1 Å². The lowest BCUT2D eigenvalue weighted by Crippen LogP contribution is -2.34. The fourth-order valence-corrected chi connectivity index (χ4v) is 3.09. The van der Waals surface area contributed by atoms with E-state index in [1.807, 2.05) is 17.0 Å². The first-order chi connectivity index (χ1) is 10.2. The molecule has 1 amide bonds. The number of fused-ring (bicyclic) bond motifs is 1. The molecule has 0 saturated heterocycles. The van der Waals surface area contributed by atoms with Crippen LogP contribution in [0.3, 0.4) is 0 Å². The first-order valence-electron chi connectivity index (χ1n) is 8.02. The standard InChI is InChI=1S/C18H26N2O/c1-5-12-19(13-6-2)18(21)17-14(4)15-10-8-9-11-16(15)20(17)7-3/h8-11H,5-7,12-13H2,1-4H3. The Morgan fingerprint density at radius 1 is 1.10 bits per heavy atom. The quantitative estimate of drug-likeness (QED) is 0.780. The van der Waals surface area contributed by atoms with E-state index < -0.39 is 0 Å². The highest BCUT2D eigenvalue weighted by Crippen LogP contribution is 2.26. The maximum absolute atomic E-state index is 13.0. The molecule has 1 aromatic heterocycles. The minimum absolute atomic E-state index is 0.175. The van der Waals surface area contributed by atoms with Gasteiger partial charge in [-0.25, -0.2) is 0 Å². The van der Waals surface area contributed by atoms with Crippen molar-refractivity contribution in [2.24, 2.45) is 0 Å². The summed E-state index contributed by atoms with van der Waals surface area (Å²) in [6, 6.07) is 8.29. The molecule has 0 fully saturated rings. The van der Waals surface area contributed by atoms with Crippen molar-refractivity contribution in [1.29, 1.82) is 0 Å². The number of carbonyl (C=O) groups is 1. The van der Waals surface area contributed by atoms with E-state index in [2.05, 4.69) is 44.4 Å². The van der Waals surface area contributed by atoms with Crippen LogP contribution in [0.4, 0.5) is 0 Å². The second-order valence-electron chi connectivity index (χ2n) is 5.53. The van der Waals surface area contributed by atoms with E-state index >= 15 is 0 Å². The van der Waals surface area contributed by atoms with Crippen molar-refractivity contribution >= 4 is 16.8 Å². The number of para-hydroxylation sites is 1. The first kappa shape index (κ1) is 15.6. The SMILES string of the molecule is CCCN(CCC)C(=O)c1c(C)c2ccccc2n1CC. The predicted octanol–water partition coefficient (Wildman–Crippen LogP) is 4.23. The van der Waals surface area contributed by atoms with Gasteiger partial charge in [0, 0.05) is 30.5 Å². The topological polar surface area (TPSA) is 25.2 Å². The van der Waals surface area contributed by atoms with E-state index in [-0.39, 0.29) is 5.91 Å². The Morgan fingerprint density at radius 3 is 2.29 bits per heavy atom. The second kappa shape index (κ2) is 6.79. The third-order valence-electron chi connectivity index (χ3n) is 4.02. The second-order valence-corrected chi connectivity index (χ2v) is 5.53. The number of nitrogens with zero attached hydrogens (tertiary/aromatic N) is 2. The number of hydrogen-bond donors (Lipinski definition) is 0. The van der Waals surface area contributed by atoms with Crippen LogP contribution in [0.2, 0.25) is 0 Å². The van der Waals surface area contributed by atoms with Crippen LogP contribution >= 0.6 is 0 Å². The van der Waals surface area contributed by atoms with Gasteiger partial charge in [-0.05, 0) is 38.3 Å². The molecule has 0 unspecified atom stereocenters. The molecule has 1 aromatic carbocycles. The Bertz CT molecular complexity index is 621. The zero-order valence-corrected chi connectivity index (χ0v) is 13.6. The van der Waals surface area contributed by atoms with Gasteiger partial charge in [0.25, 0.3) is 5.91 Å². The van der Waals surface area contributed by atoms with Gasteiger partial charge in [-0.3, -0.25) is 4.79 Å². The Labute approximate surface area is 127 Å². The van der Waals surface area contributed by atoms with E-state index in [1.54, 1.807) is 0 Å². The molecule has 0 aliphatic carbocycles. The smallest absolute Gasteiger partial charge is 0.270 e. The number of amides is 1. The molecule has 0 aliphatic rings. The van der Waals surface area contributed by atoms with Crippen molar-refractivity contribution in [2.75, 3.05) is 13.1 Å². The molecular weight excluding hydrogens is 260 g/mol. The summed E-state index contributed by atoms with van der Waals surface area (Å²) in [4.78, 5) is 15.0. The number of benzene rings is 1. The summed E-state index contributed by atoms with van der Waals surface area (Å²) < 4.78 is 2.16. The van der Waals surface area contributed by atoms with Crippen LogP contribution < -0.4 is 0 Å². The van der Waals surface area contributed by atoms with Gasteiger partial charge in [-0.15, -0.1) is 0 Å². The van der Waals surface area contributed by atoms with Crippen LogP contribution in [0.15, 0.2) is 24.3 Å². The third-order valence-corrected chi connectivity index (χ3v) is 4.02. The van der Waals surface area contributed by atoms with Crippen LogP contribution in [-0.4, -0.2) is 28.5 Å². The number of carbonyl (C=O) groups excluding carboxylic acids is 1. The van der Waals surface area contributed by atoms with E-state index in [1.165, 1.54) is 5.39 Å². The molecule has 0 atom stereocenters. The van der Waals surface area contributed by atoms with Gasteiger partial charge >= 0.3 is 0 Å². The molecule has 2 aromatic rings. The Kier molecular flexibility index (Phi) is 5.05. The van der Waals surface area contributed by atoms with Gasteiger partial charge in [-0.1, -0.05) is 32.0 Å². The van der Waals surface area contributed by atoms with Gasteiger partial charge in [0.1, 0.15) is 5.69 Å². The summed E-state index contributed by atoms with van der Waals surface area (Å²) in [6.45, 7) is 10.9. The van der Waals surface area contributed by atoms with Gasteiger partial charge in [0.15, 0.2) is 0 Å². The molecule has 3 nitrogen and oxygen atoms in total. The van der Waals surface area contributed by atoms with Crippen LogP contribution in [0.5, 0.6) is 0 Å². The molecule has 0 N–H and O–H groups in total. The fraction of sp³-hybridized carbons (Fsp3) is 0.500. The average Bonchev–Trinajstić information content (AvgIpc) is 2.79. The normalized spacial score (nSPS) is 11.0. The zero-order valence-electron chi connectivity index (χ0n) is 13.6. The molecule has 1 heterocycles. The summed E-state index contributed by atoms with van der Waals surface area (Å²) in [5, 5.41) is 1.19. The molecule has 21 heavy (non-hydrogen) atoms. The van der Waals surface area contributed by atoms with Crippen molar-refractivity contribution in [3.05, 3.63) is 35.5 Å².